The number of benzene rings is 1. The molecular weight excluding hydrogens is 350 g/mol. The van der Waals surface area contributed by atoms with Gasteiger partial charge in [0.05, 0.1) is 0 Å². The average molecular weight is 376 g/mol. The van der Waals surface area contributed by atoms with Crippen molar-refractivity contribution in [2.45, 2.75) is 58.4 Å². The minimum atomic E-state index is -0.105. The van der Waals surface area contributed by atoms with Crippen LogP contribution in [0.15, 0.2) is 28.8 Å². The standard InChI is InChI=1S/C20H26ClN3O2/c1-3-5-7-14(4-2)20(25)24-13-6-8-17(24)19-22-18(23-26-19)15-9-11-16(21)12-10-15/h9-12,14,17H,3-8,13H2,1-2H3/t14-,17+/m1/s1. The van der Waals surface area contributed by atoms with Crippen molar-refractivity contribution < 1.29 is 9.32 Å². The Hall–Kier alpha value is -1.88. The molecule has 5 nitrogen and oxygen atoms in total. The van der Waals surface area contributed by atoms with E-state index in [2.05, 4.69) is 24.0 Å². The number of amides is 1. The Kier molecular flexibility index (Phi) is 6.30. The maximum atomic E-state index is 13.0. The molecule has 3 rings (SSSR count). The van der Waals surface area contributed by atoms with Crippen molar-refractivity contribution >= 4 is 17.5 Å². The van der Waals surface area contributed by atoms with Gasteiger partial charge in [-0.2, -0.15) is 4.98 Å². The van der Waals surface area contributed by atoms with Gasteiger partial charge in [0, 0.05) is 23.0 Å². The molecule has 2 heterocycles. The normalized spacial score (nSPS) is 18.3. The molecule has 140 valence electrons. The number of carbonyl (C=O) groups excluding carboxylic acids is 1. The molecule has 0 aliphatic carbocycles. The minimum Gasteiger partial charge on any atom is -0.337 e. The van der Waals surface area contributed by atoms with Crippen LogP contribution >= 0.6 is 11.6 Å². The zero-order valence-electron chi connectivity index (χ0n) is 15.4. The summed E-state index contributed by atoms with van der Waals surface area (Å²) in [6, 6.07) is 7.24. The monoisotopic (exact) mass is 375 g/mol. The first-order valence-corrected chi connectivity index (χ1v) is 9.91. The van der Waals surface area contributed by atoms with Gasteiger partial charge in [-0.05, 0) is 49.9 Å². The van der Waals surface area contributed by atoms with Crippen molar-refractivity contribution in [1.29, 1.82) is 0 Å². The van der Waals surface area contributed by atoms with Gasteiger partial charge in [0.25, 0.3) is 0 Å². The van der Waals surface area contributed by atoms with E-state index in [9.17, 15) is 4.79 Å². The zero-order chi connectivity index (χ0) is 18.5. The van der Waals surface area contributed by atoms with Crippen molar-refractivity contribution in [2.24, 2.45) is 5.92 Å². The highest BCUT2D eigenvalue weighted by atomic mass is 35.5. The molecule has 1 fully saturated rings. The third kappa shape index (κ3) is 4.09. The van der Waals surface area contributed by atoms with Gasteiger partial charge < -0.3 is 9.42 Å². The summed E-state index contributed by atoms with van der Waals surface area (Å²) in [6.07, 6.45) is 5.87. The Bertz CT molecular complexity index is 729. The van der Waals surface area contributed by atoms with E-state index in [0.29, 0.717) is 16.7 Å². The highest BCUT2D eigenvalue weighted by Crippen LogP contribution is 2.34. The molecule has 0 bridgehead atoms. The second-order valence-corrected chi connectivity index (χ2v) is 7.34. The number of halogens is 1. The predicted molar refractivity (Wildman–Crippen MR) is 102 cm³/mol. The van der Waals surface area contributed by atoms with Gasteiger partial charge in [-0.3, -0.25) is 4.79 Å². The van der Waals surface area contributed by atoms with E-state index in [1.165, 1.54) is 0 Å². The van der Waals surface area contributed by atoms with E-state index in [1.807, 2.05) is 17.0 Å². The van der Waals surface area contributed by atoms with Gasteiger partial charge in [0.15, 0.2) is 0 Å². The summed E-state index contributed by atoms with van der Waals surface area (Å²) < 4.78 is 5.52. The van der Waals surface area contributed by atoms with Crippen LogP contribution in [0, 0.1) is 5.92 Å². The van der Waals surface area contributed by atoms with Crippen LogP contribution in [-0.4, -0.2) is 27.5 Å². The van der Waals surface area contributed by atoms with Gasteiger partial charge in [-0.25, -0.2) is 0 Å². The highest BCUT2D eigenvalue weighted by Gasteiger charge is 2.36. The largest absolute Gasteiger partial charge is 0.337 e. The summed E-state index contributed by atoms with van der Waals surface area (Å²) in [6.45, 7) is 5.02. The van der Waals surface area contributed by atoms with E-state index in [1.54, 1.807) is 12.1 Å². The molecule has 0 spiro atoms. The molecule has 1 aliphatic rings. The maximum Gasteiger partial charge on any atom is 0.249 e. The Morgan fingerprint density at radius 1 is 1.35 bits per heavy atom. The number of likely N-dealkylation sites (tertiary alicyclic amines) is 1. The number of nitrogens with zero attached hydrogens (tertiary/aromatic N) is 3. The smallest absolute Gasteiger partial charge is 0.249 e. The first kappa shape index (κ1) is 18.9. The second-order valence-electron chi connectivity index (χ2n) is 6.90. The zero-order valence-corrected chi connectivity index (χ0v) is 16.2. The molecular formula is C20H26ClN3O2. The number of rotatable bonds is 7. The van der Waals surface area contributed by atoms with Crippen LogP contribution in [0.1, 0.15) is 64.3 Å². The lowest BCUT2D eigenvalue weighted by Gasteiger charge is -2.26. The lowest BCUT2D eigenvalue weighted by molar-refractivity contribution is -0.137. The topological polar surface area (TPSA) is 59.2 Å². The molecule has 26 heavy (non-hydrogen) atoms. The van der Waals surface area contributed by atoms with Gasteiger partial charge in [0.1, 0.15) is 6.04 Å². The van der Waals surface area contributed by atoms with Crippen molar-refractivity contribution in [3.05, 3.63) is 35.2 Å². The Morgan fingerprint density at radius 3 is 2.81 bits per heavy atom. The molecule has 0 saturated carbocycles. The summed E-state index contributed by atoms with van der Waals surface area (Å²) in [4.78, 5) is 19.5. The van der Waals surface area contributed by atoms with Crippen LogP contribution in [0.3, 0.4) is 0 Å². The maximum absolute atomic E-state index is 13.0. The Labute approximate surface area is 159 Å². The highest BCUT2D eigenvalue weighted by molar-refractivity contribution is 6.30. The van der Waals surface area contributed by atoms with Gasteiger partial charge >= 0.3 is 0 Å². The van der Waals surface area contributed by atoms with Crippen molar-refractivity contribution in [1.82, 2.24) is 15.0 Å². The predicted octanol–water partition coefficient (Wildman–Crippen LogP) is 5.27. The Balaban J connectivity index is 1.76. The van der Waals surface area contributed by atoms with Gasteiger partial charge in [-0.1, -0.05) is 43.4 Å². The van der Waals surface area contributed by atoms with Crippen LogP contribution in [0.2, 0.25) is 5.02 Å². The molecule has 2 aromatic rings. The quantitative estimate of drug-likeness (QED) is 0.661. The summed E-state index contributed by atoms with van der Waals surface area (Å²) in [7, 11) is 0. The van der Waals surface area contributed by atoms with Crippen molar-refractivity contribution in [2.75, 3.05) is 6.54 Å². The number of carbonyl (C=O) groups is 1. The summed E-state index contributed by atoms with van der Waals surface area (Å²) in [5.74, 6) is 1.39. The van der Waals surface area contributed by atoms with Gasteiger partial charge in [-0.15, -0.1) is 0 Å². The molecule has 1 saturated heterocycles. The third-order valence-electron chi connectivity index (χ3n) is 5.11. The first-order chi connectivity index (χ1) is 12.6. The lowest BCUT2D eigenvalue weighted by Crippen LogP contribution is -2.35. The van der Waals surface area contributed by atoms with Crippen LogP contribution in [0.25, 0.3) is 11.4 Å². The minimum absolute atomic E-state index is 0.0919. The van der Waals surface area contributed by atoms with E-state index < -0.39 is 0 Å². The summed E-state index contributed by atoms with van der Waals surface area (Å²) in [5, 5.41) is 4.77. The number of unbranched alkanes of at least 4 members (excludes halogenated alkanes) is 1. The second kappa shape index (κ2) is 8.67. The molecule has 0 N–H and O–H groups in total. The fourth-order valence-electron chi connectivity index (χ4n) is 3.56. The molecule has 0 unspecified atom stereocenters. The third-order valence-corrected chi connectivity index (χ3v) is 5.37. The molecule has 1 aromatic heterocycles. The number of aromatic nitrogens is 2. The summed E-state index contributed by atoms with van der Waals surface area (Å²) >= 11 is 5.93. The van der Waals surface area contributed by atoms with E-state index >= 15 is 0 Å². The lowest BCUT2D eigenvalue weighted by atomic mass is 9.97. The van der Waals surface area contributed by atoms with Gasteiger partial charge in [0.2, 0.25) is 17.6 Å². The SMILES string of the molecule is CCCC[C@@H](CC)C(=O)N1CCC[C@H]1c1nc(-c2ccc(Cl)cc2)no1. The van der Waals surface area contributed by atoms with Crippen LogP contribution in [0.5, 0.6) is 0 Å². The molecule has 2 atom stereocenters. The number of hydrogen-bond donors (Lipinski definition) is 0. The number of hydrogen-bond acceptors (Lipinski definition) is 4. The molecule has 6 heteroatoms. The summed E-state index contributed by atoms with van der Waals surface area (Å²) in [5.41, 5.74) is 0.856. The van der Waals surface area contributed by atoms with Crippen LogP contribution < -0.4 is 0 Å². The van der Waals surface area contributed by atoms with Crippen LogP contribution in [-0.2, 0) is 4.79 Å². The average Bonchev–Trinajstić information content (AvgIpc) is 3.32. The molecule has 0 radical (unpaired) electrons. The fraction of sp³-hybridized carbons (Fsp3) is 0.550. The fourth-order valence-corrected chi connectivity index (χ4v) is 3.69. The molecule has 1 amide bonds. The van der Waals surface area contributed by atoms with Crippen molar-refractivity contribution in [3.8, 4) is 11.4 Å². The first-order valence-electron chi connectivity index (χ1n) is 9.54. The van der Waals surface area contributed by atoms with E-state index in [-0.39, 0.29) is 17.9 Å². The molecule has 1 aromatic carbocycles. The van der Waals surface area contributed by atoms with Crippen molar-refractivity contribution in [3.63, 3.8) is 0 Å². The van der Waals surface area contributed by atoms with E-state index in [0.717, 1.165) is 50.6 Å². The van der Waals surface area contributed by atoms with E-state index in [4.69, 9.17) is 16.1 Å². The molecule has 1 aliphatic heterocycles. The van der Waals surface area contributed by atoms with Crippen LogP contribution in [0.4, 0.5) is 0 Å². The Morgan fingerprint density at radius 2 is 2.12 bits per heavy atom.